The molecule has 6 nitrogen and oxygen atoms in total. The zero-order chi connectivity index (χ0) is 18.9. The lowest BCUT2D eigenvalue weighted by Gasteiger charge is -2.16. The zero-order valence-corrected chi connectivity index (χ0v) is 15.9. The van der Waals surface area contributed by atoms with Gasteiger partial charge in [0.25, 0.3) is 0 Å². The van der Waals surface area contributed by atoms with Crippen LogP contribution in [-0.2, 0) is 29.4 Å². The first-order chi connectivity index (χ1) is 13.0. The molecule has 27 heavy (non-hydrogen) atoms. The van der Waals surface area contributed by atoms with Crippen LogP contribution in [0, 0.1) is 6.92 Å². The zero-order valence-electron chi connectivity index (χ0n) is 15.1. The van der Waals surface area contributed by atoms with Crippen LogP contribution in [0.15, 0.2) is 51.9 Å². The Hall–Kier alpha value is -2.51. The van der Waals surface area contributed by atoms with E-state index in [4.69, 9.17) is 4.52 Å². The van der Waals surface area contributed by atoms with Gasteiger partial charge in [0.1, 0.15) is 0 Å². The first-order valence-electron chi connectivity index (χ1n) is 9.03. The van der Waals surface area contributed by atoms with Gasteiger partial charge in [-0.3, -0.25) is 0 Å². The number of nitrogens with one attached hydrogen (secondary N) is 1. The van der Waals surface area contributed by atoms with Gasteiger partial charge in [0.15, 0.2) is 0 Å². The molecule has 1 heterocycles. The second-order valence-electron chi connectivity index (χ2n) is 6.79. The second kappa shape index (κ2) is 7.25. The van der Waals surface area contributed by atoms with Crippen LogP contribution in [0.1, 0.15) is 35.4 Å². The maximum Gasteiger partial charge on any atom is 0.242 e. The quantitative estimate of drug-likeness (QED) is 0.730. The molecule has 0 saturated carbocycles. The Morgan fingerprint density at radius 1 is 1.07 bits per heavy atom. The number of aromatic nitrogens is 2. The Labute approximate surface area is 158 Å². The van der Waals surface area contributed by atoms with Crippen molar-refractivity contribution < 1.29 is 12.9 Å². The van der Waals surface area contributed by atoms with Gasteiger partial charge >= 0.3 is 0 Å². The van der Waals surface area contributed by atoms with E-state index >= 15 is 0 Å². The summed E-state index contributed by atoms with van der Waals surface area (Å²) in [5.41, 5.74) is 4.27. The fraction of sp³-hybridized carbons (Fsp3) is 0.300. The Bertz CT molecular complexity index is 1070. The third-order valence-electron chi connectivity index (χ3n) is 4.90. The lowest BCUT2D eigenvalue weighted by atomic mass is 9.92. The summed E-state index contributed by atoms with van der Waals surface area (Å²) in [5, 5.41) is 3.96. The first kappa shape index (κ1) is 17.9. The van der Waals surface area contributed by atoms with E-state index in [-0.39, 0.29) is 17.3 Å². The fourth-order valence-corrected chi connectivity index (χ4v) is 4.40. The molecule has 1 N–H and O–H groups in total. The van der Waals surface area contributed by atoms with Gasteiger partial charge in [0, 0.05) is 5.56 Å². The molecule has 0 spiro atoms. The highest BCUT2D eigenvalue weighted by Crippen LogP contribution is 2.24. The maximum atomic E-state index is 12.6. The minimum Gasteiger partial charge on any atom is -0.338 e. The number of hydrogen-bond acceptors (Lipinski definition) is 5. The van der Waals surface area contributed by atoms with E-state index in [1.54, 1.807) is 12.1 Å². The van der Waals surface area contributed by atoms with Crippen LogP contribution in [0.3, 0.4) is 0 Å². The third kappa shape index (κ3) is 3.79. The van der Waals surface area contributed by atoms with Crippen molar-refractivity contribution >= 4 is 10.0 Å². The van der Waals surface area contributed by atoms with E-state index in [2.05, 4.69) is 14.9 Å². The van der Waals surface area contributed by atoms with Gasteiger partial charge in [-0.2, -0.15) is 4.98 Å². The number of rotatable bonds is 5. The molecule has 0 atom stereocenters. The van der Waals surface area contributed by atoms with Crippen molar-refractivity contribution in [3.05, 3.63) is 65.0 Å². The van der Waals surface area contributed by atoms with Gasteiger partial charge in [-0.05, 0) is 61.4 Å². The van der Waals surface area contributed by atoms with Crippen LogP contribution < -0.4 is 4.72 Å². The van der Waals surface area contributed by atoms with E-state index < -0.39 is 10.0 Å². The monoisotopic (exact) mass is 383 g/mol. The van der Waals surface area contributed by atoms with Gasteiger partial charge in [-0.1, -0.05) is 35.5 Å². The van der Waals surface area contributed by atoms with Gasteiger partial charge in [-0.15, -0.1) is 0 Å². The summed E-state index contributed by atoms with van der Waals surface area (Å²) in [5.74, 6) is 0.686. The highest BCUT2D eigenvalue weighted by atomic mass is 32.2. The summed E-state index contributed by atoms with van der Waals surface area (Å²) in [6, 6.07) is 13.1. The summed E-state index contributed by atoms with van der Waals surface area (Å²) in [6.07, 6.45) is 4.22. The Morgan fingerprint density at radius 2 is 1.85 bits per heavy atom. The van der Waals surface area contributed by atoms with Crippen molar-refractivity contribution in [3.63, 3.8) is 0 Å². The van der Waals surface area contributed by atoms with E-state index in [1.807, 2.05) is 37.3 Å². The Morgan fingerprint density at radius 3 is 2.67 bits per heavy atom. The van der Waals surface area contributed by atoms with Crippen molar-refractivity contribution in [3.8, 4) is 11.4 Å². The van der Waals surface area contributed by atoms with E-state index in [0.29, 0.717) is 5.82 Å². The molecule has 0 saturated heterocycles. The molecule has 140 valence electrons. The largest absolute Gasteiger partial charge is 0.338 e. The predicted molar refractivity (Wildman–Crippen MR) is 102 cm³/mol. The van der Waals surface area contributed by atoms with Crippen LogP contribution in [0.25, 0.3) is 11.4 Å². The maximum absolute atomic E-state index is 12.6. The third-order valence-corrected chi connectivity index (χ3v) is 6.30. The second-order valence-corrected chi connectivity index (χ2v) is 8.56. The summed E-state index contributed by atoms with van der Waals surface area (Å²) in [4.78, 5) is 4.58. The molecule has 0 aliphatic heterocycles. The van der Waals surface area contributed by atoms with Crippen molar-refractivity contribution in [2.24, 2.45) is 0 Å². The normalized spacial score (nSPS) is 14.1. The summed E-state index contributed by atoms with van der Waals surface area (Å²) >= 11 is 0. The predicted octanol–water partition coefficient (Wildman–Crippen LogP) is 3.40. The number of fused-ring (bicyclic) bond motifs is 1. The fourth-order valence-electron chi connectivity index (χ4n) is 3.38. The molecule has 1 aromatic heterocycles. The van der Waals surface area contributed by atoms with E-state index in [9.17, 15) is 8.42 Å². The molecular weight excluding hydrogens is 362 g/mol. The van der Waals surface area contributed by atoms with E-state index in [1.165, 1.54) is 5.56 Å². The van der Waals surface area contributed by atoms with Crippen molar-refractivity contribution in [1.29, 1.82) is 0 Å². The Balaban J connectivity index is 1.49. The minimum atomic E-state index is -3.63. The Kier molecular flexibility index (Phi) is 4.80. The van der Waals surface area contributed by atoms with Crippen molar-refractivity contribution in [2.45, 2.75) is 44.0 Å². The van der Waals surface area contributed by atoms with Crippen molar-refractivity contribution in [2.75, 3.05) is 0 Å². The average molecular weight is 383 g/mol. The summed E-state index contributed by atoms with van der Waals surface area (Å²) < 4.78 is 33.0. The molecule has 0 radical (unpaired) electrons. The smallest absolute Gasteiger partial charge is 0.242 e. The number of benzene rings is 2. The molecule has 0 fully saturated rings. The van der Waals surface area contributed by atoms with Gasteiger partial charge in [-0.25, -0.2) is 13.1 Å². The standard InChI is InChI=1S/C20H21N3O3S/c1-14-6-2-5-9-18(14)20-22-19(26-23-20)13-21-27(24,25)17-11-10-15-7-3-4-8-16(15)12-17/h2,5-6,9-12,21H,3-4,7-8,13H2,1H3. The van der Waals surface area contributed by atoms with Crippen LogP contribution in [0.2, 0.25) is 0 Å². The number of nitrogens with zero attached hydrogens (tertiary/aromatic N) is 2. The molecule has 3 aromatic rings. The minimum absolute atomic E-state index is 0.0434. The lowest BCUT2D eigenvalue weighted by Crippen LogP contribution is -2.23. The molecule has 0 unspecified atom stereocenters. The summed E-state index contributed by atoms with van der Waals surface area (Å²) in [6.45, 7) is 1.92. The van der Waals surface area contributed by atoms with E-state index in [0.717, 1.165) is 42.4 Å². The average Bonchev–Trinajstić information content (AvgIpc) is 3.15. The van der Waals surface area contributed by atoms with Crippen LogP contribution in [0.4, 0.5) is 0 Å². The highest BCUT2D eigenvalue weighted by Gasteiger charge is 2.19. The molecule has 4 rings (SSSR count). The highest BCUT2D eigenvalue weighted by molar-refractivity contribution is 7.89. The number of sulfonamides is 1. The molecular formula is C20H21N3O3S. The van der Waals surface area contributed by atoms with Crippen LogP contribution in [0.5, 0.6) is 0 Å². The molecule has 1 aliphatic rings. The molecule has 0 bridgehead atoms. The van der Waals surface area contributed by atoms with Gasteiger partial charge in [0.2, 0.25) is 21.7 Å². The molecule has 0 amide bonds. The van der Waals surface area contributed by atoms with Gasteiger partial charge < -0.3 is 4.52 Å². The summed E-state index contributed by atoms with van der Waals surface area (Å²) in [7, 11) is -3.63. The molecule has 2 aromatic carbocycles. The van der Waals surface area contributed by atoms with Crippen molar-refractivity contribution in [1.82, 2.24) is 14.9 Å². The topological polar surface area (TPSA) is 85.1 Å². The van der Waals surface area contributed by atoms with Crippen LogP contribution >= 0.6 is 0 Å². The first-order valence-corrected chi connectivity index (χ1v) is 10.5. The number of hydrogen-bond donors (Lipinski definition) is 1. The lowest BCUT2D eigenvalue weighted by molar-refractivity contribution is 0.376. The molecule has 1 aliphatic carbocycles. The van der Waals surface area contributed by atoms with Crippen LogP contribution in [-0.4, -0.2) is 18.6 Å². The molecule has 7 heteroatoms. The van der Waals surface area contributed by atoms with Gasteiger partial charge in [0.05, 0.1) is 11.4 Å². The number of aryl methyl sites for hydroxylation is 3. The SMILES string of the molecule is Cc1ccccc1-c1noc(CNS(=O)(=O)c2ccc3c(c2)CCCC3)n1.